The van der Waals surface area contributed by atoms with Crippen LogP contribution >= 0.6 is 11.6 Å². The molecule has 0 aliphatic carbocycles. The number of ether oxygens (including phenoxy) is 1. The standard InChI is InChI=1S/C23H22ClF4N3O3/c24-17-6-5-14(10-18(17)25)34-12-21(32)30-13-4-7-19(29-11-13)22(33)31-9-8-15-16(23(26,27)28)2-1-3-20(15)31/h1-3,5-6,10,13,19,29H,4,7-9,11-12H2,(H,30,32)/t13-,19+/m0/s1. The maximum absolute atomic E-state index is 13.4. The van der Waals surface area contributed by atoms with E-state index in [1.807, 2.05) is 0 Å². The van der Waals surface area contributed by atoms with Crippen LogP contribution in [0.5, 0.6) is 5.75 Å². The number of piperidine rings is 1. The zero-order chi connectivity index (χ0) is 24.5. The quantitative estimate of drug-likeness (QED) is 0.616. The zero-order valence-corrected chi connectivity index (χ0v) is 18.7. The molecule has 11 heteroatoms. The van der Waals surface area contributed by atoms with E-state index >= 15 is 0 Å². The van der Waals surface area contributed by atoms with Crippen LogP contribution < -0.4 is 20.3 Å². The molecular formula is C23H22ClF4N3O3. The van der Waals surface area contributed by atoms with Crippen LogP contribution in [0.4, 0.5) is 23.2 Å². The summed E-state index contributed by atoms with van der Waals surface area (Å²) in [5.74, 6) is -1.16. The molecule has 2 amide bonds. The lowest BCUT2D eigenvalue weighted by molar-refractivity contribution is -0.138. The SMILES string of the molecule is O=C(COc1ccc(Cl)c(F)c1)N[C@H]1CC[C@H](C(=O)N2CCc3c2cccc3C(F)(F)F)NC1. The lowest BCUT2D eigenvalue weighted by Crippen LogP contribution is -2.55. The predicted octanol–water partition coefficient (Wildman–Crippen LogP) is 3.70. The number of nitrogens with one attached hydrogen (secondary N) is 2. The van der Waals surface area contributed by atoms with Crippen molar-refractivity contribution in [3.8, 4) is 5.75 Å². The minimum Gasteiger partial charge on any atom is -0.484 e. The molecule has 2 aromatic rings. The lowest BCUT2D eigenvalue weighted by Gasteiger charge is -2.32. The van der Waals surface area contributed by atoms with Gasteiger partial charge in [-0.1, -0.05) is 17.7 Å². The number of fused-ring (bicyclic) bond motifs is 1. The topological polar surface area (TPSA) is 70.7 Å². The van der Waals surface area contributed by atoms with Gasteiger partial charge >= 0.3 is 6.18 Å². The van der Waals surface area contributed by atoms with Gasteiger partial charge < -0.3 is 20.3 Å². The number of carbonyl (C=O) groups excluding carboxylic acids is 2. The Morgan fingerprint density at radius 1 is 1.21 bits per heavy atom. The molecule has 6 nitrogen and oxygen atoms in total. The number of benzene rings is 2. The van der Waals surface area contributed by atoms with Crippen LogP contribution in [0.2, 0.25) is 5.02 Å². The van der Waals surface area contributed by atoms with Gasteiger partial charge in [-0.05, 0) is 49.1 Å². The van der Waals surface area contributed by atoms with Crippen molar-refractivity contribution in [2.45, 2.75) is 37.5 Å². The largest absolute Gasteiger partial charge is 0.484 e. The minimum atomic E-state index is -4.47. The molecule has 0 saturated carbocycles. The molecule has 0 bridgehead atoms. The monoisotopic (exact) mass is 499 g/mol. The molecule has 0 aromatic heterocycles. The van der Waals surface area contributed by atoms with Crippen LogP contribution in [0.3, 0.4) is 0 Å². The number of halogens is 5. The van der Waals surface area contributed by atoms with Gasteiger partial charge in [-0.25, -0.2) is 4.39 Å². The predicted molar refractivity (Wildman–Crippen MR) is 117 cm³/mol. The number of alkyl halides is 3. The highest BCUT2D eigenvalue weighted by molar-refractivity contribution is 6.30. The molecule has 2 aliphatic rings. The molecule has 1 fully saturated rings. The number of hydrogen-bond donors (Lipinski definition) is 2. The molecule has 2 heterocycles. The van der Waals surface area contributed by atoms with Crippen molar-refractivity contribution in [2.24, 2.45) is 0 Å². The van der Waals surface area contributed by atoms with Gasteiger partial charge in [-0.2, -0.15) is 13.2 Å². The van der Waals surface area contributed by atoms with Crippen LogP contribution in [-0.2, 0) is 22.2 Å². The number of carbonyl (C=O) groups is 2. The van der Waals surface area contributed by atoms with Gasteiger partial charge in [0.05, 0.1) is 16.6 Å². The fraction of sp³-hybridized carbons (Fsp3) is 0.391. The summed E-state index contributed by atoms with van der Waals surface area (Å²) in [6.45, 7) is 0.204. The van der Waals surface area contributed by atoms with Gasteiger partial charge in [0.15, 0.2) is 6.61 Å². The van der Waals surface area contributed by atoms with Crippen molar-refractivity contribution in [1.29, 1.82) is 0 Å². The van der Waals surface area contributed by atoms with Gasteiger partial charge in [-0.3, -0.25) is 9.59 Å². The molecule has 0 unspecified atom stereocenters. The number of amides is 2. The third-order valence-electron chi connectivity index (χ3n) is 5.94. The Morgan fingerprint density at radius 3 is 2.68 bits per heavy atom. The van der Waals surface area contributed by atoms with E-state index in [4.69, 9.17) is 16.3 Å². The fourth-order valence-electron chi connectivity index (χ4n) is 4.29. The molecule has 2 aliphatic heterocycles. The smallest absolute Gasteiger partial charge is 0.416 e. The van der Waals surface area contributed by atoms with E-state index in [1.165, 1.54) is 29.2 Å². The summed E-state index contributed by atoms with van der Waals surface area (Å²) < 4.78 is 58.5. The molecule has 2 aromatic carbocycles. The summed E-state index contributed by atoms with van der Waals surface area (Å²) in [5, 5.41) is 5.82. The molecule has 4 rings (SSSR count). The average molecular weight is 500 g/mol. The highest BCUT2D eigenvalue weighted by Crippen LogP contribution is 2.39. The van der Waals surface area contributed by atoms with E-state index in [0.29, 0.717) is 25.1 Å². The molecule has 2 N–H and O–H groups in total. The van der Waals surface area contributed by atoms with Crippen molar-refractivity contribution in [2.75, 3.05) is 24.6 Å². The Labute approximate surface area is 198 Å². The second-order valence-corrected chi connectivity index (χ2v) is 8.62. The van der Waals surface area contributed by atoms with Gasteiger partial charge in [0, 0.05) is 30.9 Å². The van der Waals surface area contributed by atoms with Crippen LogP contribution in [0.1, 0.15) is 24.0 Å². The summed E-state index contributed by atoms with van der Waals surface area (Å²) in [4.78, 5) is 26.6. The molecule has 0 radical (unpaired) electrons. The number of rotatable bonds is 5. The fourth-order valence-corrected chi connectivity index (χ4v) is 4.41. The second-order valence-electron chi connectivity index (χ2n) is 8.21. The van der Waals surface area contributed by atoms with Crippen LogP contribution in [0, 0.1) is 5.82 Å². The highest BCUT2D eigenvalue weighted by Gasteiger charge is 2.39. The van der Waals surface area contributed by atoms with E-state index in [-0.39, 0.29) is 47.9 Å². The van der Waals surface area contributed by atoms with E-state index in [1.54, 1.807) is 0 Å². The Balaban J connectivity index is 1.28. The third kappa shape index (κ3) is 5.28. The minimum absolute atomic E-state index is 0.0487. The van der Waals surface area contributed by atoms with E-state index < -0.39 is 29.5 Å². The average Bonchev–Trinajstić information content (AvgIpc) is 3.23. The summed E-state index contributed by atoms with van der Waals surface area (Å²) in [7, 11) is 0. The van der Waals surface area contributed by atoms with Crippen LogP contribution in [0.15, 0.2) is 36.4 Å². The second kappa shape index (κ2) is 9.79. The summed E-state index contributed by atoms with van der Waals surface area (Å²) >= 11 is 5.61. The molecule has 0 spiro atoms. The number of anilines is 1. The molecule has 2 atom stereocenters. The Kier molecular flexibility index (Phi) is 6.99. The first-order chi connectivity index (χ1) is 16.1. The third-order valence-corrected chi connectivity index (χ3v) is 6.24. The van der Waals surface area contributed by atoms with Crippen molar-refractivity contribution < 1.29 is 31.9 Å². The summed E-state index contributed by atoms with van der Waals surface area (Å²) in [6.07, 6.45) is -3.39. The van der Waals surface area contributed by atoms with Crippen molar-refractivity contribution in [3.63, 3.8) is 0 Å². The number of nitrogens with zero attached hydrogens (tertiary/aromatic N) is 1. The normalized spacial score (nSPS) is 20.1. The van der Waals surface area contributed by atoms with Crippen LogP contribution in [0.25, 0.3) is 0 Å². The lowest BCUT2D eigenvalue weighted by atomic mass is 9.99. The van der Waals surface area contributed by atoms with Crippen molar-refractivity contribution >= 4 is 29.1 Å². The summed E-state index contributed by atoms with van der Waals surface area (Å²) in [6, 6.07) is 6.95. The first-order valence-corrected chi connectivity index (χ1v) is 11.1. The van der Waals surface area contributed by atoms with E-state index in [2.05, 4.69) is 10.6 Å². The molecule has 34 heavy (non-hydrogen) atoms. The van der Waals surface area contributed by atoms with E-state index in [0.717, 1.165) is 12.1 Å². The van der Waals surface area contributed by atoms with Crippen LogP contribution in [-0.4, -0.2) is 43.6 Å². The van der Waals surface area contributed by atoms with E-state index in [9.17, 15) is 27.2 Å². The van der Waals surface area contributed by atoms with Crippen molar-refractivity contribution in [3.05, 3.63) is 58.4 Å². The van der Waals surface area contributed by atoms with Crippen molar-refractivity contribution in [1.82, 2.24) is 10.6 Å². The summed E-state index contributed by atoms with van der Waals surface area (Å²) in [5.41, 5.74) is -0.263. The van der Waals surface area contributed by atoms with Gasteiger partial charge in [0.1, 0.15) is 11.6 Å². The molecule has 1 saturated heterocycles. The highest BCUT2D eigenvalue weighted by atomic mass is 35.5. The van der Waals surface area contributed by atoms with Gasteiger partial charge in [0.25, 0.3) is 5.91 Å². The van der Waals surface area contributed by atoms with Gasteiger partial charge in [-0.15, -0.1) is 0 Å². The first kappa shape index (κ1) is 24.3. The molecule has 182 valence electrons. The Bertz CT molecular complexity index is 1090. The number of hydrogen-bond acceptors (Lipinski definition) is 4. The Morgan fingerprint density at radius 2 is 2.00 bits per heavy atom. The Hall–Kier alpha value is -2.85. The zero-order valence-electron chi connectivity index (χ0n) is 17.9. The molecular weight excluding hydrogens is 478 g/mol. The van der Waals surface area contributed by atoms with Gasteiger partial charge in [0.2, 0.25) is 5.91 Å². The maximum Gasteiger partial charge on any atom is 0.416 e. The first-order valence-electron chi connectivity index (χ1n) is 10.7. The maximum atomic E-state index is 13.4.